The predicted molar refractivity (Wildman–Crippen MR) is 108 cm³/mol. The molecule has 2 aromatic rings. The zero-order chi connectivity index (χ0) is 21.0. The molecule has 0 spiro atoms. The maximum Gasteiger partial charge on any atom is 0.309 e. The zero-order valence-corrected chi connectivity index (χ0v) is 16.4. The monoisotopic (exact) mass is 398 g/mol. The summed E-state index contributed by atoms with van der Waals surface area (Å²) in [6, 6.07) is 12.3. The average molecular weight is 398 g/mol. The molecule has 152 valence electrons. The molecule has 0 amide bonds. The molecule has 29 heavy (non-hydrogen) atoms. The molecule has 0 aromatic heterocycles. The first-order valence-corrected chi connectivity index (χ1v) is 9.65. The lowest BCUT2D eigenvalue weighted by Crippen LogP contribution is -2.31. The minimum Gasteiger partial charge on any atom is -0.458 e. The number of halogens is 2. The van der Waals surface area contributed by atoms with Gasteiger partial charge in [-0.15, -0.1) is 0 Å². The largest absolute Gasteiger partial charge is 0.458 e. The predicted octanol–water partition coefficient (Wildman–Crippen LogP) is 5.05. The highest BCUT2D eigenvalue weighted by Gasteiger charge is 2.25. The van der Waals surface area contributed by atoms with E-state index >= 15 is 0 Å². The Morgan fingerprint density at radius 3 is 2.00 bits per heavy atom. The lowest BCUT2D eigenvalue weighted by molar-refractivity contribution is -0.156. The van der Waals surface area contributed by atoms with Crippen LogP contribution in [0.3, 0.4) is 0 Å². The minimum absolute atomic E-state index is 0.00757. The number of cyclic esters (lactones) is 1. The first-order valence-electron chi connectivity index (χ1n) is 9.65. The highest BCUT2D eigenvalue weighted by Crippen LogP contribution is 2.32. The third-order valence-corrected chi connectivity index (χ3v) is 4.86. The Hall–Kier alpha value is -2.79. The molecule has 0 bridgehead atoms. The number of aliphatic hydroxyl groups excluding tert-OH is 1. The molecule has 2 atom stereocenters. The molecule has 0 aliphatic carbocycles. The number of allylic oxidation sites excluding steroid dienone is 2. The number of hydrogen-bond donors (Lipinski definition) is 1. The van der Waals surface area contributed by atoms with Crippen LogP contribution in [0, 0.1) is 17.6 Å². The molecule has 2 aromatic carbocycles. The van der Waals surface area contributed by atoms with Crippen LogP contribution in [0.15, 0.2) is 66.3 Å². The Balaban J connectivity index is 2.08. The molecule has 5 heteroatoms. The summed E-state index contributed by atoms with van der Waals surface area (Å²) in [5.74, 6) is -1.01. The number of hydrogen-bond acceptors (Lipinski definition) is 3. The molecule has 1 fully saturated rings. The quantitative estimate of drug-likeness (QED) is 0.567. The second kappa shape index (κ2) is 9.14. The number of carbonyl (C=O) groups excluding carboxylic acids is 1. The van der Waals surface area contributed by atoms with Crippen molar-refractivity contribution in [2.24, 2.45) is 5.92 Å². The third kappa shape index (κ3) is 5.39. The van der Waals surface area contributed by atoms with Gasteiger partial charge in [0.05, 0.1) is 12.5 Å². The maximum atomic E-state index is 13.5. The van der Waals surface area contributed by atoms with Gasteiger partial charge >= 0.3 is 5.97 Å². The van der Waals surface area contributed by atoms with E-state index in [4.69, 9.17) is 4.74 Å². The lowest BCUT2D eigenvalue weighted by Gasteiger charge is -2.24. The molecule has 1 N–H and O–H groups in total. The third-order valence-electron chi connectivity index (χ3n) is 4.86. The number of rotatable bonds is 5. The van der Waals surface area contributed by atoms with E-state index in [2.05, 4.69) is 0 Å². The second-order valence-corrected chi connectivity index (χ2v) is 7.48. The molecule has 3 nitrogen and oxygen atoms in total. The number of ether oxygens (including phenoxy) is 1. The summed E-state index contributed by atoms with van der Waals surface area (Å²) in [6.45, 7) is 4.04. The number of carbonyl (C=O) groups is 1. The van der Waals surface area contributed by atoms with Gasteiger partial charge in [0.2, 0.25) is 0 Å². The SMILES string of the molecule is CC(C)C(/C=C/C1CC(O)CC(=O)O1)=C(c1ccc(F)cc1)c1ccc(F)cc1. The summed E-state index contributed by atoms with van der Waals surface area (Å²) in [6.07, 6.45) is 2.77. The Morgan fingerprint density at radius 1 is 1.03 bits per heavy atom. The van der Waals surface area contributed by atoms with Gasteiger partial charge < -0.3 is 9.84 Å². The van der Waals surface area contributed by atoms with Gasteiger partial charge in [-0.3, -0.25) is 4.79 Å². The normalized spacial score (nSPS) is 19.4. The van der Waals surface area contributed by atoms with E-state index < -0.39 is 18.2 Å². The Labute approximate surface area is 169 Å². The first kappa shape index (κ1) is 20.9. The molecule has 0 radical (unpaired) electrons. The fourth-order valence-corrected chi connectivity index (χ4v) is 3.44. The van der Waals surface area contributed by atoms with Crippen LogP contribution in [0.1, 0.15) is 37.8 Å². The number of benzene rings is 2. The van der Waals surface area contributed by atoms with E-state index in [1.165, 1.54) is 24.3 Å². The van der Waals surface area contributed by atoms with Gasteiger partial charge in [-0.1, -0.05) is 44.2 Å². The van der Waals surface area contributed by atoms with Gasteiger partial charge in [0, 0.05) is 6.42 Å². The Kier molecular flexibility index (Phi) is 6.60. The highest BCUT2D eigenvalue weighted by molar-refractivity contribution is 5.84. The van der Waals surface area contributed by atoms with Crippen LogP contribution in [0.4, 0.5) is 8.78 Å². The van der Waals surface area contributed by atoms with E-state index in [9.17, 15) is 18.7 Å². The fourth-order valence-electron chi connectivity index (χ4n) is 3.44. The molecular weight excluding hydrogens is 374 g/mol. The molecule has 2 unspecified atom stereocenters. The van der Waals surface area contributed by atoms with Crippen LogP contribution >= 0.6 is 0 Å². The van der Waals surface area contributed by atoms with Crippen LogP contribution in [0.25, 0.3) is 5.57 Å². The summed E-state index contributed by atoms with van der Waals surface area (Å²) in [7, 11) is 0. The van der Waals surface area contributed by atoms with Gasteiger partial charge in [-0.25, -0.2) is 8.78 Å². The standard InChI is InChI=1S/C24H24F2O3/c1-15(2)22(12-11-21-13-20(27)14-23(28)29-21)24(16-3-7-18(25)8-4-16)17-5-9-19(26)10-6-17/h3-12,15,20-21,27H,13-14H2,1-2H3/b12-11+. The summed E-state index contributed by atoms with van der Waals surface area (Å²) in [5.41, 5.74) is 3.37. The smallest absolute Gasteiger partial charge is 0.309 e. The topological polar surface area (TPSA) is 46.5 Å². The van der Waals surface area contributed by atoms with Gasteiger partial charge in [0.15, 0.2) is 0 Å². The van der Waals surface area contributed by atoms with Crippen molar-refractivity contribution in [3.8, 4) is 0 Å². The minimum atomic E-state index is -0.717. The fraction of sp³-hybridized carbons (Fsp3) is 0.292. The van der Waals surface area contributed by atoms with E-state index in [1.54, 1.807) is 30.3 Å². The number of aliphatic hydroxyl groups is 1. The van der Waals surface area contributed by atoms with Crippen molar-refractivity contribution >= 4 is 11.5 Å². The van der Waals surface area contributed by atoms with Crippen molar-refractivity contribution in [3.05, 3.63) is 89.0 Å². The number of esters is 1. The summed E-state index contributed by atoms with van der Waals surface area (Å²) in [5, 5.41) is 9.82. The molecule has 1 heterocycles. The van der Waals surface area contributed by atoms with Crippen molar-refractivity contribution in [2.75, 3.05) is 0 Å². The molecule has 1 aliphatic heterocycles. The van der Waals surface area contributed by atoms with Gasteiger partial charge in [0.1, 0.15) is 17.7 Å². The van der Waals surface area contributed by atoms with Crippen molar-refractivity contribution in [2.45, 2.75) is 38.9 Å². The van der Waals surface area contributed by atoms with Crippen molar-refractivity contribution in [1.29, 1.82) is 0 Å². The lowest BCUT2D eigenvalue weighted by atomic mass is 9.87. The van der Waals surface area contributed by atoms with Gasteiger partial charge in [-0.05, 0) is 58.5 Å². The van der Waals surface area contributed by atoms with Crippen LogP contribution < -0.4 is 0 Å². The summed E-state index contributed by atoms with van der Waals surface area (Å²) < 4.78 is 32.3. The maximum absolute atomic E-state index is 13.5. The molecular formula is C24H24F2O3. The van der Waals surface area contributed by atoms with Gasteiger partial charge in [0.25, 0.3) is 0 Å². The molecule has 0 saturated carbocycles. The Morgan fingerprint density at radius 2 is 1.55 bits per heavy atom. The van der Waals surface area contributed by atoms with E-state index in [0.29, 0.717) is 6.42 Å². The van der Waals surface area contributed by atoms with Crippen LogP contribution in [-0.2, 0) is 9.53 Å². The van der Waals surface area contributed by atoms with Crippen molar-refractivity contribution in [3.63, 3.8) is 0 Å². The summed E-state index contributed by atoms with van der Waals surface area (Å²) in [4.78, 5) is 11.6. The molecule has 3 rings (SSSR count). The molecule has 1 aliphatic rings. The van der Waals surface area contributed by atoms with E-state index in [1.807, 2.05) is 19.9 Å². The second-order valence-electron chi connectivity index (χ2n) is 7.48. The van der Waals surface area contributed by atoms with Crippen LogP contribution in [-0.4, -0.2) is 23.3 Å². The first-order chi connectivity index (χ1) is 13.8. The van der Waals surface area contributed by atoms with E-state index in [-0.39, 0.29) is 24.0 Å². The molecule has 1 saturated heterocycles. The average Bonchev–Trinajstić information content (AvgIpc) is 2.66. The van der Waals surface area contributed by atoms with E-state index in [0.717, 1.165) is 22.3 Å². The van der Waals surface area contributed by atoms with Crippen molar-refractivity contribution in [1.82, 2.24) is 0 Å². The van der Waals surface area contributed by atoms with Crippen molar-refractivity contribution < 1.29 is 23.4 Å². The van der Waals surface area contributed by atoms with Crippen LogP contribution in [0.5, 0.6) is 0 Å². The van der Waals surface area contributed by atoms with Crippen LogP contribution in [0.2, 0.25) is 0 Å². The van der Waals surface area contributed by atoms with Gasteiger partial charge in [-0.2, -0.15) is 0 Å². The zero-order valence-electron chi connectivity index (χ0n) is 16.4. The highest BCUT2D eigenvalue weighted by atomic mass is 19.1. The summed E-state index contributed by atoms with van der Waals surface area (Å²) >= 11 is 0. The Bertz CT molecular complexity index is 865.